The van der Waals surface area contributed by atoms with Gasteiger partial charge in [-0.3, -0.25) is 4.79 Å². The molecule has 0 atom stereocenters. The molecule has 1 saturated carbocycles. The van der Waals surface area contributed by atoms with Gasteiger partial charge < -0.3 is 0 Å². The third-order valence-electron chi connectivity index (χ3n) is 1.93. The molecule has 1 aliphatic heterocycles. The SMILES string of the molecule is O=C1SCCC1=CC1CC1. The first kappa shape index (κ1) is 6.47. The number of hydrogen-bond acceptors (Lipinski definition) is 2. The van der Waals surface area contributed by atoms with E-state index >= 15 is 0 Å². The van der Waals surface area contributed by atoms with E-state index in [4.69, 9.17) is 0 Å². The van der Waals surface area contributed by atoms with Crippen molar-refractivity contribution in [2.75, 3.05) is 5.75 Å². The Morgan fingerprint density at radius 3 is 2.80 bits per heavy atom. The number of carbonyl (C=O) groups excluding carboxylic acids is 1. The molecule has 54 valence electrons. The summed E-state index contributed by atoms with van der Waals surface area (Å²) in [5, 5.41) is 0.326. The molecule has 1 saturated heterocycles. The highest BCUT2D eigenvalue weighted by Gasteiger charge is 2.24. The van der Waals surface area contributed by atoms with Gasteiger partial charge in [0, 0.05) is 11.3 Å². The molecular formula is C8H10OS. The quantitative estimate of drug-likeness (QED) is 0.537. The number of hydrogen-bond donors (Lipinski definition) is 0. The predicted octanol–water partition coefficient (Wildman–Crippen LogP) is 1.99. The number of carbonyl (C=O) groups is 1. The molecule has 1 nitrogen and oxygen atoms in total. The van der Waals surface area contributed by atoms with Crippen molar-refractivity contribution in [1.82, 2.24) is 0 Å². The molecule has 0 unspecified atom stereocenters. The third kappa shape index (κ3) is 1.26. The van der Waals surface area contributed by atoms with Crippen LogP contribution in [-0.2, 0) is 4.79 Å². The standard InChI is InChI=1S/C8H10OS/c9-8-7(3-4-10-8)5-6-1-2-6/h5-6H,1-4H2. The van der Waals surface area contributed by atoms with E-state index in [-0.39, 0.29) is 0 Å². The maximum atomic E-state index is 11.0. The smallest absolute Gasteiger partial charge is 0.215 e. The van der Waals surface area contributed by atoms with Crippen LogP contribution >= 0.6 is 11.8 Å². The molecule has 2 aliphatic rings. The molecule has 2 rings (SSSR count). The van der Waals surface area contributed by atoms with Gasteiger partial charge in [0.15, 0.2) is 0 Å². The Morgan fingerprint density at radius 2 is 2.30 bits per heavy atom. The first-order valence-corrected chi connectivity index (χ1v) is 4.72. The summed E-state index contributed by atoms with van der Waals surface area (Å²) in [6.07, 6.45) is 5.81. The summed E-state index contributed by atoms with van der Waals surface area (Å²) < 4.78 is 0. The normalized spacial score (nSPS) is 30.0. The van der Waals surface area contributed by atoms with Gasteiger partial charge in [0.1, 0.15) is 0 Å². The van der Waals surface area contributed by atoms with Gasteiger partial charge in [-0.15, -0.1) is 0 Å². The van der Waals surface area contributed by atoms with Crippen LogP contribution in [0.25, 0.3) is 0 Å². The van der Waals surface area contributed by atoms with Crippen molar-refractivity contribution in [3.05, 3.63) is 11.6 Å². The van der Waals surface area contributed by atoms with E-state index in [2.05, 4.69) is 6.08 Å². The van der Waals surface area contributed by atoms with Gasteiger partial charge in [0.2, 0.25) is 5.12 Å². The van der Waals surface area contributed by atoms with Gasteiger partial charge in [0.05, 0.1) is 0 Å². The van der Waals surface area contributed by atoms with Crippen molar-refractivity contribution >= 4 is 16.9 Å². The minimum Gasteiger partial charge on any atom is -0.282 e. The molecule has 0 aromatic rings. The van der Waals surface area contributed by atoms with E-state index in [1.165, 1.54) is 24.6 Å². The van der Waals surface area contributed by atoms with Crippen molar-refractivity contribution in [3.8, 4) is 0 Å². The molecule has 0 radical (unpaired) electrons. The van der Waals surface area contributed by atoms with Crippen LogP contribution in [0.15, 0.2) is 11.6 Å². The van der Waals surface area contributed by atoms with E-state index in [0.717, 1.165) is 23.7 Å². The molecule has 2 fully saturated rings. The van der Waals surface area contributed by atoms with Gasteiger partial charge in [-0.25, -0.2) is 0 Å². The molecule has 0 amide bonds. The summed E-state index contributed by atoms with van der Waals surface area (Å²) in [7, 11) is 0. The lowest BCUT2D eigenvalue weighted by molar-refractivity contribution is -0.107. The molecule has 0 aromatic heterocycles. The van der Waals surface area contributed by atoms with Crippen LogP contribution < -0.4 is 0 Å². The molecule has 1 heterocycles. The number of rotatable bonds is 1. The van der Waals surface area contributed by atoms with Crippen LogP contribution in [0.3, 0.4) is 0 Å². The zero-order valence-electron chi connectivity index (χ0n) is 5.80. The number of allylic oxidation sites excluding steroid dienone is 1. The second kappa shape index (κ2) is 2.42. The fourth-order valence-electron chi connectivity index (χ4n) is 1.15. The fourth-order valence-corrected chi connectivity index (χ4v) is 2.01. The Hall–Kier alpha value is -0.240. The number of thioether (sulfide) groups is 1. The van der Waals surface area contributed by atoms with Crippen LogP contribution in [0.5, 0.6) is 0 Å². The summed E-state index contributed by atoms with van der Waals surface area (Å²) in [5.41, 5.74) is 1.09. The molecule has 0 aromatic carbocycles. The third-order valence-corrected chi connectivity index (χ3v) is 2.86. The first-order chi connectivity index (χ1) is 4.86. The second-order valence-corrected chi connectivity index (χ2v) is 3.98. The van der Waals surface area contributed by atoms with Gasteiger partial charge in [0.25, 0.3) is 0 Å². The Kier molecular flexibility index (Phi) is 1.57. The highest BCUT2D eigenvalue weighted by atomic mass is 32.2. The van der Waals surface area contributed by atoms with E-state index in [1.807, 2.05) is 0 Å². The summed E-state index contributed by atoms with van der Waals surface area (Å²) in [4.78, 5) is 11.0. The monoisotopic (exact) mass is 154 g/mol. The van der Waals surface area contributed by atoms with Gasteiger partial charge >= 0.3 is 0 Å². The van der Waals surface area contributed by atoms with E-state index in [9.17, 15) is 4.79 Å². The van der Waals surface area contributed by atoms with Crippen LogP contribution in [0, 0.1) is 5.92 Å². The van der Waals surface area contributed by atoms with Gasteiger partial charge in [-0.05, 0) is 25.2 Å². The van der Waals surface area contributed by atoms with Crippen molar-refractivity contribution in [1.29, 1.82) is 0 Å². The van der Waals surface area contributed by atoms with Crippen LogP contribution in [-0.4, -0.2) is 10.9 Å². The van der Waals surface area contributed by atoms with Crippen molar-refractivity contribution in [3.63, 3.8) is 0 Å². The maximum absolute atomic E-state index is 11.0. The highest BCUT2D eigenvalue weighted by molar-refractivity contribution is 8.14. The zero-order chi connectivity index (χ0) is 6.97. The second-order valence-electron chi connectivity index (χ2n) is 2.92. The Balaban J connectivity index is 2.07. The van der Waals surface area contributed by atoms with Crippen molar-refractivity contribution in [2.24, 2.45) is 5.92 Å². The molecule has 2 heteroatoms. The predicted molar refractivity (Wildman–Crippen MR) is 42.9 cm³/mol. The van der Waals surface area contributed by atoms with Crippen LogP contribution in [0.1, 0.15) is 19.3 Å². The summed E-state index contributed by atoms with van der Waals surface area (Å²) in [6, 6.07) is 0. The summed E-state index contributed by atoms with van der Waals surface area (Å²) in [6.45, 7) is 0. The Morgan fingerprint density at radius 1 is 1.50 bits per heavy atom. The summed E-state index contributed by atoms with van der Waals surface area (Å²) >= 11 is 1.47. The summed E-state index contributed by atoms with van der Waals surface area (Å²) in [5.74, 6) is 1.77. The molecular weight excluding hydrogens is 144 g/mol. The van der Waals surface area contributed by atoms with Crippen molar-refractivity contribution in [2.45, 2.75) is 19.3 Å². The maximum Gasteiger partial charge on any atom is 0.215 e. The minimum atomic E-state index is 0.326. The largest absolute Gasteiger partial charge is 0.282 e. The van der Waals surface area contributed by atoms with E-state index in [1.54, 1.807) is 0 Å². The van der Waals surface area contributed by atoms with Gasteiger partial charge in [-0.1, -0.05) is 17.8 Å². The van der Waals surface area contributed by atoms with Crippen LogP contribution in [0.2, 0.25) is 0 Å². The Labute approximate surface area is 64.9 Å². The molecule has 10 heavy (non-hydrogen) atoms. The average Bonchev–Trinajstić information content (AvgIpc) is 2.62. The van der Waals surface area contributed by atoms with Gasteiger partial charge in [-0.2, -0.15) is 0 Å². The van der Waals surface area contributed by atoms with E-state index < -0.39 is 0 Å². The highest BCUT2D eigenvalue weighted by Crippen LogP contribution is 2.35. The first-order valence-electron chi connectivity index (χ1n) is 3.74. The molecule has 0 N–H and O–H groups in total. The average molecular weight is 154 g/mol. The zero-order valence-corrected chi connectivity index (χ0v) is 6.62. The minimum absolute atomic E-state index is 0.326. The van der Waals surface area contributed by atoms with Crippen LogP contribution in [0.4, 0.5) is 0 Å². The lowest BCUT2D eigenvalue weighted by atomic mass is 10.2. The fraction of sp³-hybridized carbons (Fsp3) is 0.625. The Bertz CT molecular complexity index is 191. The van der Waals surface area contributed by atoms with E-state index in [0.29, 0.717) is 5.12 Å². The topological polar surface area (TPSA) is 17.1 Å². The van der Waals surface area contributed by atoms with Crippen molar-refractivity contribution < 1.29 is 4.79 Å². The lowest BCUT2D eigenvalue weighted by Gasteiger charge is -1.88. The molecule has 1 aliphatic carbocycles. The lowest BCUT2D eigenvalue weighted by Crippen LogP contribution is -1.87. The molecule has 0 bridgehead atoms. The molecule has 0 spiro atoms.